The molecule has 0 bridgehead atoms. The summed E-state index contributed by atoms with van der Waals surface area (Å²) in [5.41, 5.74) is 5.62. The third-order valence-electron chi connectivity index (χ3n) is 2.15. The largest absolute Gasteiger partial charge is 0.379 e. The van der Waals surface area contributed by atoms with Crippen LogP contribution in [0, 0.1) is 19.5 Å². The van der Waals surface area contributed by atoms with Crippen LogP contribution in [0.15, 0.2) is 12.1 Å². The fourth-order valence-electron chi connectivity index (χ4n) is 1.26. The Morgan fingerprint density at radius 2 is 2.29 bits per heavy atom. The Kier molecular flexibility index (Phi) is 5.06. The van der Waals surface area contributed by atoms with Crippen molar-refractivity contribution < 1.29 is 9.31 Å². The van der Waals surface area contributed by atoms with Gasteiger partial charge in [0.25, 0.3) is 5.69 Å². The summed E-state index contributed by atoms with van der Waals surface area (Å²) in [6.45, 7) is 2.31. The molecule has 5 nitrogen and oxygen atoms in total. The Bertz CT molecular complexity index is 426. The van der Waals surface area contributed by atoms with Crippen molar-refractivity contribution in [2.75, 3.05) is 11.9 Å². The maximum absolute atomic E-state index is 13.3. The van der Waals surface area contributed by atoms with Gasteiger partial charge in [0.05, 0.1) is 8.49 Å². The average Bonchev–Trinajstić information content (AvgIpc) is 2.22. The van der Waals surface area contributed by atoms with Gasteiger partial charge in [0.15, 0.2) is 0 Å². The minimum absolute atomic E-state index is 0.00440. The number of anilines is 1. The normalized spacial score (nSPS) is 12.2. The average molecular weight is 353 g/mol. The van der Waals surface area contributed by atoms with E-state index in [0.717, 1.165) is 6.07 Å². The number of nitrogens with two attached hydrogens (primary N) is 1. The van der Waals surface area contributed by atoms with Gasteiger partial charge in [0.1, 0.15) is 11.5 Å². The van der Waals surface area contributed by atoms with Gasteiger partial charge < -0.3 is 11.1 Å². The third kappa shape index (κ3) is 4.08. The number of benzene rings is 1. The molecule has 3 N–H and O–H groups in total. The Hall–Kier alpha value is -0.960. The molecule has 1 aromatic carbocycles. The molecule has 1 rings (SSSR count). The number of nitro benzene ring substituents is 1. The Balaban J connectivity index is 2.89. The van der Waals surface area contributed by atoms with E-state index in [1.54, 1.807) is 22.6 Å². The second kappa shape index (κ2) is 6.10. The lowest BCUT2D eigenvalue weighted by Crippen LogP contribution is -2.19. The first-order valence-corrected chi connectivity index (χ1v) is 6.12. The molecular weight excluding hydrogens is 340 g/mol. The summed E-state index contributed by atoms with van der Waals surface area (Å²) in [6, 6.07) is 2.35. The van der Waals surface area contributed by atoms with Gasteiger partial charge in [-0.25, -0.2) is 4.39 Å². The molecule has 7 heteroatoms. The molecule has 1 aromatic rings. The van der Waals surface area contributed by atoms with Gasteiger partial charge in [-0.2, -0.15) is 0 Å². The van der Waals surface area contributed by atoms with Crippen molar-refractivity contribution in [1.29, 1.82) is 0 Å². The molecule has 0 aliphatic rings. The van der Waals surface area contributed by atoms with Crippen LogP contribution in [0.5, 0.6) is 0 Å². The molecule has 0 radical (unpaired) electrons. The predicted octanol–water partition coefficient (Wildman–Crippen LogP) is 2.49. The highest BCUT2D eigenvalue weighted by Crippen LogP contribution is 2.28. The molecule has 0 saturated heterocycles. The number of nitrogens with one attached hydrogen (secondary N) is 1. The first-order valence-electron chi connectivity index (χ1n) is 5.04. The fourth-order valence-corrected chi connectivity index (χ4v) is 1.71. The monoisotopic (exact) mass is 353 g/mol. The van der Waals surface area contributed by atoms with Gasteiger partial charge in [-0.05, 0) is 35.9 Å². The van der Waals surface area contributed by atoms with Crippen LogP contribution in [-0.2, 0) is 0 Å². The highest BCUT2D eigenvalue weighted by molar-refractivity contribution is 14.1. The van der Waals surface area contributed by atoms with Crippen LogP contribution in [0.2, 0.25) is 0 Å². The topological polar surface area (TPSA) is 81.2 Å². The fraction of sp³-hybridized carbons (Fsp3) is 0.400. The van der Waals surface area contributed by atoms with Crippen LogP contribution >= 0.6 is 22.6 Å². The Morgan fingerprint density at radius 1 is 1.65 bits per heavy atom. The molecule has 0 saturated carbocycles. The number of halogens is 2. The first-order chi connectivity index (χ1) is 7.91. The van der Waals surface area contributed by atoms with Crippen molar-refractivity contribution >= 4 is 34.0 Å². The molecule has 0 amide bonds. The standard InChI is InChI=1S/C10H13FIN3O2/c1-6(13)2-3-14-9-4-7(11)8(12)5-10(9)15(16)17/h4-6,14H,2-3,13H2,1H3. The molecule has 1 atom stereocenters. The number of hydrogen-bond acceptors (Lipinski definition) is 4. The zero-order valence-electron chi connectivity index (χ0n) is 9.24. The van der Waals surface area contributed by atoms with Gasteiger partial charge >= 0.3 is 0 Å². The molecule has 0 aliphatic heterocycles. The number of nitrogens with zero attached hydrogens (tertiary/aromatic N) is 1. The molecular formula is C10H13FIN3O2. The van der Waals surface area contributed by atoms with E-state index < -0.39 is 10.7 Å². The quantitative estimate of drug-likeness (QED) is 0.484. The molecule has 0 fully saturated rings. The van der Waals surface area contributed by atoms with E-state index in [1.165, 1.54) is 6.07 Å². The zero-order valence-corrected chi connectivity index (χ0v) is 11.4. The molecule has 0 aliphatic carbocycles. The van der Waals surface area contributed by atoms with E-state index in [2.05, 4.69) is 5.32 Å². The van der Waals surface area contributed by atoms with Crippen LogP contribution < -0.4 is 11.1 Å². The number of hydrogen-bond donors (Lipinski definition) is 2. The van der Waals surface area contributed by atoms with E-state index in [9.17, 15) is 14.5 Å². The molecule has 1 unspecified atom stereocenters. The lowest BCUT2D eigenvalue weighted by atomic mass is 10.2. The lowest BCUT2D eigenvalue weighted by Gasteiger charge is -2.09. The maximum Gasteiger partial charge on any atom is 0.293 e. The van der Waals surface area contributed by atoms with Crippen LogP contribution in [-0.4, -0.2) is 17.5 Å². The molecule has 17 heavy (non-hydrogen) atoms. The predicted molar refractivity (Wildman–Crippen MR) is 72.5 cm³/mol. The molecule has 0 aromatic heterocycles. The van der Waals surface area contributed by atoms with E-state index >= 15 is 0 Å². The van der Waals surface area contributed by atoms with E-state index in [-0.39, 0.29) is 21.0 Å². The summed E-state index contributed by atoms with van der Waals surface area (Å²) in [6.07, 6.45) is 0.657. The smallest absolute Gasteiger partial charge is 0.293 e. The Labute approximate surface area is 112 Å². The molecule has 94 valence electrons. The lowest BCUT2D eigenvalue weighted by molar-refractivity contribution is -0.384. The van der Waals surface area contributed by atoms with Crippen molar-refractivity contribution in [2.24, 2.45) is 5.73 Å². The van der Waals surface area contributed by atoms with Crippen molar-refractivity contribution in [3.8, 4) is 0 Å². The third-order valence-corrected chi connectivity index (χ3v) is 2.98. The van der Waals surface area contributed by atoms with Crippen molar-refractivity contribution in [3.05, 3.63) is 31.6 Å². The van der Waals surface area contributed by atoms with E-state index in [0.29, 0.717) is 13.0 Å². The second-order valence-corrected chi connectivity index (χ2v) is 4.90. The molecule has 0 spiro atoms. The molecule has 0 heterocycles. The summed E-state index contributed by atoms with van der Waals surface area (Å²) in [5.74, 6) is -0.473. The second-order valence-electron chi connectivity index (χ2n) is 3.73. The summed E-state index contributed by atoms with van der Waals surface area (Å²) in [7, 11) is 0. The van der Waals surface area contributed by atoms with E-state index in [4.69, 9.17) is 5.73 Å². The van der Waals surface area contributed by atoms with Gasteiger partial charge in [0.2, 0.25) is 0 Å². The minimum Gasteiger partial charge on any atom is -0.379 e. The van der Waals surface area contributed by atoms with Crippen LogP contribution in [0.4, 0.5) is 15.8 Å². The summed E-state index contributed by atoms with van der Waals surface area (Å²) < 4.78 is 13.5. The van der Waals surface area contributed by atoms with Crippen LogP contribution in [0.3, 0.4) is 0 Å². The maximum atomic E-state index is 13.3. The Morgan fingerprint density at radius 3 is 2.82 bits per heavy atom. The number of nitro groups is 1. The van der Waals surface area contributed by atoms with Gasteiger partial charge in [-0.3, -0.25) is 10.1 Å². The summed E-state index contributed by atoms with van der Waals surface area (Å²) in [5, 5.41) is 13.6. The van der Waals surface area contributed by atoms with Gasteiger partial charge in [0, 0.05) is 24.7 Å². The summed E-state index contributed by atoms with van der Waals surface area (Å²) in [4.78, 5) is 10.3. The van der Waals surface area contributed by atoms with Crippen LogP contribution in [0.25, 0.3) is 0 Å². The zero-order chi connectivity index (χ0) is 13.0. The SMILES string of the molecule is CC(N)CCNc1cc(F)c(I)cc1[N+](=O)[O-]. The summed E-state index contributed by atoms with van der Waals surface area (Å²) >= 11 is 1.72. The van der Waals surface area contributed by atoms with Crippen molar-refractivity contribution in [3.63, 3.8) is 0 Å². The minimum atomic E-state index is -0.532. The van der Waals surface area contributed by atoms with E-state index in [1.807, 2.05) is 6.92 Å². The first kappa shape index (κ1) is 14.1. The van der Waals surface area contributed by atoms with Crippen LogP contribution in [0.1, 0.15) is 13.3 Å². The van der Waals surface area contributed by atoms with Gasteiger partial charge in [-0.15, -0.1) is 0 Å². The van der Waals surface area contributed by atoms with Gasteiger partial charge in [-0.1, -0.05) is 0 Å². The highest BCUT2D eigenvalue weighted by Gasteiger charge is 2.17. The van der Waals surface area contributed by atoms with Crippen molar-refractivity contribution in [2.45, 2.75) is 19.4 Å². The number of rotatable bonds is 5. The van der Waals surface area contributed by atoms with Crippen molar-refractivity contribution in [1.82, 2.24) is 0 Å². The highest BCUT2D eigenvalue weighted by atomic mass is 127.